The average molecular weight is 357 g/mol. The number of hydrogen-bond donors (Lipinski definition) is 1. The number of anilines is 2. The molecule has 0 aliphatic heterocycles. The molecule has 0 heterocycles. The van der Waals surface area contributed by atoms with Gasteiger partial charge in [0.1, 0.15) is 11.6 Å². The molecular formula is C24H17F2N. The van der Waals surface area contributed by atoms with Crippen molar-refractivity contribution in [1.82, 2.24) is 0 Å². The molecule has 0 fully saturated rings. The Balaban J connectivity index is 1.82. The Bertz CT molecular complexity index is 973. The van der Waals surface area contributed by atoms with Gasteiger partial charge in [-0.3, -0.25) is 0 Å². The minimum Gasteiger partial charge on any atom is -0.354 e. The Kier molecular flexibility index (Phi) is 4.67. The van der Waals surface area contributed by atoms with E-state index >= 15 is 0 Å². The molecule has 4 aromatic rings. The highest BCUT2D eigenvalue weighted by atomic mass is 19.1. The van der Waals surface area contributed by atoms with E-state index in [2.05, 4.69) is 5.32 Å². The first kappa shape index (κ1) is 17.0. The molecule has 0 aromatic heterocycles. The molecule has 27 heavy (non-hydrogen) atoms. The molecule has 0 unspecified atom stereocenters. The first-order chi connectivity index (χ1) is 13.2. The predicted octanol–water partition coefficient (Wildman–Crippen LogP) is 7.04. The zero-order valence-electron chi connectivity index (χ0n) is 14.5. The van der Waals surface area contributed by atoms with Crippen molar-refractivity contribution in [3.05, 3.63) is 109 Å². The number of hydrogen-bond acceptors (Lipinski definition) is 1. The summed E-state index contributed by atoms with van der Waals surface area (Å²) in [6, 6.07) is 28.6. The lowest BCUT2D eigenvalue weighted by Crippen LogP contribution is -1.97. The second-order valence-electron chi connectivity index (χ2n) is 6.24. The van der Waals surface area contributed by atoms with Crippen LogP contribution in [0.4, 0.5) is 20.2 Å². The summed E-state index contributed by atoms with van der Waals surface area (Å²) < 4.78 is 27.9. The van der Waals surface area contributed by atoms with Crippen LogP contribution in [0.3, 0.4) is 0 Å². The fourth-order valence-electron chi connectivity index (χ4n) is 3.12. The summed E-state index contributed by atoms with van der Waals surface area (Å²) in [5.41, 5.74) is 4.78. The van der Waals surface area contributed by atoms with Crippen LogP contribution in [0.15, 0.2) is 97.1 Å². The summed E-state index contributed by atoms with van der Waals surface area (Å²) in [5, 5.41) is 3.24. The van der Waals surface area contributed by atoms with Crippen LogP contribution >= 0.6 is 0 Å². The average Bonchev–Trinajstić information content (AvgIpc) is 2.70. The molecule has 1 nitrogen and oxygen atoms in total. The lowest BCUT2D eigenvalue weighted by molar-refractivity contribution is 0.628. The largest absolute Gasteiger partial charge is 0.354 e. The van der Waals surface area contributed by atoms with Gasteiger partial charge < -0.3 is 5.32 Å². The van der Waals surface area contributed by atoms with Crippen LogP contribution in [-0.2, 0) is 0 Å². The van der Waals surface area contributed by atoms with Gasteiger partial charge in [0.15, 0.2) is 0 Å². The first-order valence-electron chi connectivity index (χ1n) is 8.68. The van der Waals surface area contributed by atoms with E-state index in [-0.39, 0.29) is 11.6 Å². The van der Waals surface area contributed by atoms with Crippen molar-refractivity contribution < 1.29 is 8.78 Å². The van der Waals surface area contributed by atoms with Gasteiger partial charge in [0.25, 0.3) is 0 Å². The molecule has 1 N–H and O–H groups in total. The Morgan fingerprint density at radius 3 is 1.30 bits per heavy atom. The molecule has 0 spiro atoms. The molecule has 0 bridgehead atoms. The van der Waals surface area contributed by atoms with Crippen molar-refractivity contribution >= 4 is 11.4 Å². The summed E-state index contributed by atoms with van der Waals surface area (Å²) in [4.78, 5) is 0. The van der Waals surface area contributed by atoms with Crippen molar-refractivity contribution in [2.45, 2.75) is 0 Å². The topological polar surface area (TPSA) is 12.0 Å². The number of nitrogens with one attached hydrogen (secondary N) is 1. The molecule has 0 radical (unpaired) electrons. The fourth-order valence-corrected chi connectivity index (χ4v) is 3.12. The van der Waals surface area contributed by atoms with Crippen molar-refractivity contribution in [3.8, 4) is 22.3 Å². The van der Waals surface area contributed by atoms with E-state index in [4.69, 9.17) is 0 Å². The quantitative estimate of drug-likeness (QED) is 0.413. The summed E-state index contributed by atoms with van der Waals surface area (Å²) in [7, 11) is 0. The van der Waals surface area contributed by atoms with Gasteiger partial charge in [-0.05, 0) is 47.5 Å². The summed E-state index contributed by atoms with van der Waals surface area (Å²) >= 11 is 0. The van der Waals surface area contributed by atoms with Crippen LogP contribution in [0.2, 0.25) is 0 Å². The second kappa shape index (κ2) is 7.42. The third-order valence-corrected chi connectivity index (χ3v) is 4.40. The molecule has 0 saturated heterocycles. The van der Waals surface area contributed by atoms with Crippen LogP contribution < -0.4 is 5.32 Å². The van der Waals surface area contributed by atoms with Crippen LogP contribution in [0.25, 0.3) is 22.3 Å². The maximum atomic E-state index is 14.0. The summed E-state index contributed by atoms with van der Waals surface area (Å²) in [6.45, 7) is 0. The van der Waals surface area contributed by atoms with Crippen LogP contribution in [0, 0.1) is 11.6 Å². The summed E-state index contributed by atoms with van der Waals surface area (Å²) in [6.07, 6.45) is 0. The molecule has 3 heteroatoms. The third kappa shape index (κ3) is 3.72. The molecule has 4 rings (SSSR count). The van der Waals surface area contributed by atoms with Crippen LogP contribution in [0.1, 0.15) is 0 Å². The fraction of sp³-hybridized carbons (Fsp3) is 0. The molecule has 0 aliphatic carbocycles. The monoisotopic (exact) mass is 357 g/mol. The van der Waals surface area contributed by atoms with Crippen molar-refractivity contribution in [2.24, 2.45) is 0 Å². The smallest absolute Gasteiger partial charge is 0.125 e. The van der Waals surface area contributed by atoms with Crippen molar-refractivity contribution in [2.75, 3.05) is 5.32 Å². The van der Waals surface area contributed by atoms with Crippen LogP contribution in [-0.4, -0.2) is 0 Å². The predicted molar refractivity (Wildman–Crippen MR) is 107 cm³/mol. The number of halogens is 2. The lowest BCUT2D eigenvalue weighted by Gasteiger charge is -2.16. The van der Waals surface area contributed by atoms with E-state index in [0.29, 0.717) is 11.4 Å². The molecule has 4 aromatic carbocycles. The first-order valence-corrected chi connectivity index (χ1v) is 8.68. The zero-order valence-corrected chi connectivity index (χ0v) is 14.5. The maximum Gasteiger partial charge on any atom is 0.125 e. The lowest BCUT2D eigenvalue weighted by atomic mass is 10.0. The maximum absolute atomic E-state index is 14.0. The Morgan fingerprint density at radius 2 is 0.889 bits per heavy atom. The molecule has 0 aliphatic rings. The van der Waals surface area contributed by atoms with Gasteiger partial charge >= 0.3 is 0 Å². The number of benzene rings is 4. The third-order valence-electron chi connectivity index (χ3n) is 4.40. The zero-order chi connectivity index (χ0) is 18.6. The highest BCUT2D eigenvalue weighted by Crippen LogP contribution is 2.35. The molecule has 0 atom stereocenters. The van der Waals surface area contributed by atoms with E-state index in [1.165, 1.54) is 24.3 Å². The Labute approximate surface area is 156 Å². The minimum absolute atomic E-state index is 0.352. The van der Waals surface area contributed by atoms with E-state index in [1.54, 1.807) is 12.1 Å². The van der Waals surface area contributed by atoms with E-state index in [9.17, 15) is 8.78 Å². The van der Waals surface area contributed by atoms with E-state index < -0.39 is 0 Å². The highest BCUT2D eigenvalue weighted by Gasteiger charge is 2.11. The standard InChI is InChI=1S/C24H17F2N/c25-19-11-13-21(17-7-3-1-4-8-17)23(15-19)27-24-16-20(26)12-14-22(24)18-9-5-2-6-10-18/h1-16,27H. The Morgan fingerprint density at radius 1 is 0.481 bits per heavy atom. The minimum atomic E-state index is -0.352. The van der Waals surface area contributed by atoms with Gasteiger partial charge in [-0.25, -0.2) is 8.78 Å². The summed E-state index contributed by atoms with van der Waals surface area (Å²) in [5.74, 6) is -0.704. The van der Waals surface area contributed by atoms with E-state index in [0.717, 1.165) is 22.3 Å². The van der Waals surface area contributed by atoms with Gasteiger partial charge in [0.05, 0.1) is 0 Å². The Hall–Kier alpha value is -3.46. The number of rotatable bonds is 4. The SMILES string of the molecule is Fc1ccc(-c2ccccc2)c(Nc2cc(F)ccc2-c2ccccc2)c1. The van der Waals surface area contributed by atoms with E-state index in [1.807, 2.05) is 60.7 Å². The molecule has 132 valence electrons. The van der Waals surface area contributed by atoms with Crippen LogP contribution in [0.5, 0.6) is 0 Å². The van der Waals surface area contributed by atoms with Gasteiger partial charge in [0, 0.05) is 22.5 Å². The molecular weight excluding hydrogens is 340 g/mol. The van der Waals surface area contributed by atoms with Gasteiger partial charge in [0.2, 0.25) is 0 Å². The highest BCUT2D eigenvalue weighted by molar-refractivity contribution is 5.86. The molecule has 0 amide bonds. The van der Waals surface area contributed by atoms with Gasteiger partial charge in [-0.2, -0.15) is 0 Å². The van der Waals surface area contributed by atoms with Crippen molar-refractivity contribution in [1.29, 1.82) is 0 Å². The normalized spacial score (nSPS) is 10.6. The molecule has 0 saturated carbocycles. The second-order valence-corrected chi connectivity index (χ2v) is 6.24. The van der Waals surface area contributed by atoms with Gasteiger partial charge in [-0.1, -0.05) is 60.7 Å². The van der Waals surface area contributed by atoms with Crippen molar-refractivity contribution in [3.63, 3.8) is 0 Å². The van der Waals surface area contributed by atoms with Gasteiger partial charge in [-0.15, -0.1) is 0 Å².